The Morgan fingerprint density at radius 3 is 2.89 bits per heavy atom. The number of nitrogens with one attached hydrogen (secondary N) is 1. The van der Waals surface area contributed by atoms with E-state index in [9.17, 15) is 0 Å². The van der Waals surface area contributed by atoms with E-state index in [4.69, 9.17) is 0 Å². The van der Waals surface area contributed by atoms with Crippen molar-refractivity contribution < 1.29 is 0 Å². The minimum Gasteiger partial charge on any atom is -0.355 e. The Bertz CT molecular complexity index is 554. The van der Waals surface area contributed by atoms with Gasteiger partial charge in [0.2, 0.25) is 0 Å². The molecule has 0 amide bonds. The molecule has 2 aromatic rings. The fraction of sp³-hybridized carbons (Fsp3) is 0.571. The minimum absolute atomic E-state index is 0.660. The van der Waals surface area contributed by atoms with Crippen molar-refractivity contribution in [1.29, 1.82) is 0 Å². The summed E-state index contributed by atoms with van der Waals surface area (Å²) in [4.78, 5) is 6.94. The van der Waals surface area contributed by atoms with Gasteiger partial charge in [-0.3, -0.25) is 0 Å². The van der Waals surface area contributed by atoms with Crippen LogP contribution in [0.4, 0.5) is 5.82 Å². The summed E-state index contributed by atoms with van der Waals surface area (Å²) in [6.45, 7) is 7.38. The number of aryl methyl sites for hydroxylation is 1. The van der Waals surface area contributed by atoms with Gasteiger partial charge in [0.25, 0.3) is 0 Å². The van der Waals surface area contributed by atoms with Gasteiger partial charge in [0.05, 0.1) is 5.69 Å². The van der Waals surface area contributed by atoms with Crippen molar-refractivity contribution in [2.24, 2.45) is 0 Å². The number of fused-ring (bicyclic) bond motifs is 1. The Labute approximate surface area is 113 Å². The maximum Gasteiger partial charge on any atom is 0.154 e. The lowest BCUT2D eigenvalue weighted by molar-refractivity contribution is 0.423. The van der Waals surface area contributed by atoms with Crippen LogP contribution in [0, 0.1) is 6.92 Å². The Balaban J connectivity index is 1.81. The van der Waals surface area contributed by atoms with Crippen molar-refractivity contribution in [2.75, 3.05) is 24.5 Å². The summed E-state index contributed by atoms with van der Waals surface area (Å²) >= 11 is 0. The second kappa shape index (κ2) is 5.17. The fourth-order valence-electron chi connectivity index (χ4n) is 2.86. The second-order valence-corrected chi connectivity index (χ2v) is 5.19. The van der Waals surface area contributed by atoms with Crippen LogP contribution in [0.1, 0.15) is 25.5 Å². The zero-order valence-electron chi connectivity index (χ0n) is 11.6. The summed E-state index contributed by atoms with van der Waals surface area (Å²) in [5, 5.41) is 7.98. The normalized spacial score (nSPS) is 17.3. The first-order valence-electron chi connectivity index (χ1n) is 7.07. The van der Waals surface area contributed by atoms with Crippen LogP contribution < -0.4 is 10.2 Å². The van der Waals surface area contributed by atoms with Crippen molar-refractivity contribution >= 4 is 11.3 Å². The average molecular weight is 259 g/mol. The first kappa shape index (κ1) is 12.4. The van der Waals surface area contributed by atoms with Gasteiger partial charge in [0.1, 0.15) is 5.52 Å². The van der Waals surface area contributed by atoms with Gasteiger partial charge < -0.3 is 10.2 Å². The molecule has 2 aromatic heterocycles. The third-order valence-corrected chi connectivity index (χ3v) is 3.78. The summed E-state index contributed by atoms with van der Waals surface area (Å²) < 4.78 is 1.92. The third kappa shape index (κ3) is 2.42. The van der Waals surface area contributed by atoms with Crippen LogP contribution in [0.5, 0.6) is 0 Å². The van der Waals surface area contributed by atoms with Crippen molar-refractivity contribution in [3.63, 3.8) is 0 Å². The van der Waals surface area contributed by atoms with Crippen molar-refractivity contribution in [3.8, 4) is 0 Å². The Hall–Kier alpha value is -1.62. The highest BCUT2D eigenvalue weighted by Crippen LogP contribution is 2.23. The van der Waals surface area contributed by atoms with Gasteiger partial charge in [-0.05, 0) is 32.4 Å². The SMILES string of the molecule is CCNC1CCN(c2nccn3nc(C)cc23)CC1. The minimum atomic E-state index is 0.660. The van der Waals surface area contributed by atoms with Crippen molar-refractivity contribution in [2.45, 2.75) is 32.7 Å². The molecule has 0 spiro atoms. The molecule has 1 N–H and O–H groups in total. The maximum atomic E-state index is 4.56. The molecule has 102 valence electrons. The maximum absolute atomic E-state index is 4.56. The van der Waals surface area contributed by atoms with Crippen LogP contribution in [0.2, 0.25) is 0 Å². The molecule has 1 aliphatic rings. The molecule has 0 aromatic carbocycles. The zero-order valence-corrected chi connectivity index (χ0v) is 11.6. The van der Waals surface area contributed by atoms with Crippen LogP contribution in [0.15, 0.2) is 18.5 Å². The molecule has 3 rings (SSSR count). The molecular weight excluding hydrogens is 238 g/mol. The number of anilines is 1. The number of hydrogen-bond acceptors (Lipinski definition) is 4. The molecule has 5 heteroatoms. The van der Waals surface area contributed by atoms with Gasteiger partial charge in [-0.15, -0.1) is 0 Å². The molecule has 1 saturated heterocycles. The number of rotatable bonds is 3. The van der Waals surface area contributed by atoms with Crippen LogP contribution >= 0.6 is 0 Å². The van der Waals surface area contributed by atoms with Crippen LogP contribution in [-0.4, -0.2) is 40.3 Å². The molecular formula is C14H21N5. The van der Waals surface area contributed by atoms with Gasteiger partial charge in [-0.25, -0.2) is 9.50 Å². The summed E-state index contributed by atoms with van der Waals surface area (Å²) in [5.41, 5.74) is 2.15. The molecule has 5 nitrogen and oxygen atoms in total. The van der Waals surface area contributed by atoms with Gasteiger partial charge in [-0.2, -0.15) is 5.10 Å². The topological polar surface area (TPSA) is 45.5 Å². The second-order valence-electron chi connectivity index (χ2n) is 5.19. The molecule has 0 saturated carbocycles. The number of aromatic nitrogens is 3. The summed E-state index contributed by atoms with van der Waals surface area (Å²) in [7, 11) is 0. The van der Waals surface area contributed by atoms with E-state index >= 15 is 0 Å². The van der Waals surface area contributed by atoms with Crippen molar-refractivity contribution in [1.82, 2.24) is 19.9 Å². The molecule has 19 heavy (non-hydrogen) atoms. The van der Waals surface area contributed by atoms with E-state index in [1.807, 2.05) is 23.8 Å². The summed E-state index contributed by atoms with van der Waals surface area (Å²) in [6.07, 6.45) is 6.12. The monoisotopic (exact) mass is 259 g/mol. The molecule has 1 fully saturated rings. The van der Waals surface area contributed by atoms with Crippen molar-refractivity contribution in [3.05, 3.63) is 24.2 Å². The first-order valence-corrected chi connectivity index (χ1v) is 7.07. The zero-order chi connectivity index (χ0) is 13.2. The largest absolute Gasteiger partial charge is 0.355 e. The summed E-state index contributed by atoms with van der Waals surface area (Å²) in [6, 6.07) is 2.77. The highest BCUT2D eigenvalue weighted by Gasteiger charge is 2.21. The lowest BCUT2D eigenvalue weighted by atomic mass is 10.1. The van der Waals surface area contributed by atoms with Crippen LogP contribution in [0.25, 0.3) is 5.52 Å². The Kier molecular flexibility index (Phi) is 3.38. The Morgan fingerprint density at radius 2 is 2.16 bits per heavy atom. The summed E-state index contributed by atoms with van der Waals surface area (Å²) in [5.74, 6) is 1.07. The third-order valence-electron chi connectivity index (χ3n) is 3.78. The fourth-order valence-corrected chi connectivity index (χ4v) is 2.86. The van der Waals surface area contributed by atoms with Gasteiger partial charge in [0.15, 0.2) is 5.82 Å². The predicted molar refractivity (Wildman–Crippen MR) is 76.6 cm³/mol. The molecule has 1 aliphatic heterocycles. The molecule has 0 unspecified atom stereocenters. The number of nitrogens with zero attached hydrogens (tertiary/aromatic N) is 4. The molecule has 0 atom stereocenters. The quantitative estimate of drug-likeness (QED) is 0.909. The van der Waals surface area contributed by atoms with E-state index in [1.165, 1.54) is 12.8 Å². The highest BCUT2D eigenvalue weighted by atomic mass is 15.3. The van der Waals surface area contributed by atoms with Crippen LogP contribution in [-0.2, 0) is 0 Å². The van der Waals surface area contributed by atoms with E-state index < -0.39 is 0 Å². The molecule has 3 heterocycles. The van der Waals surface area contributed by atoms with Gasteiger partial charge in [-0.1, -0.05) is 6.92 Å². The number of hydrogen-bond donors (Lipinski definition) is 1. The van der Waals surface area contributed by atoms with Crippen LogP contribution in [0.3, 0.4) is 0 Å². The van der Waals surface area contributed by atoms with E-state index in [-0.39, 0.29) is 0 Å². The predicted octanol–water partition coefficient (Wildman–Crippen LogP) is 1.62. The number of piperidine rings is 1. The van der Waals surface area contributed by atoms with Gasteiger partial charge in [0, 0.05) is 31.5 Å². The lowest BCUT2D eigenvalue weighted by Crippen LogP contribution is -2.42. The average Bonchev–Trinajstić information content (AvgIpc) is 2.80. The van der Waals surface area contributed by atoms with E-state index in [1.54, 1.807) is 0 Å². The first-order chi connectivity index (χ1) is 9.28. The highest BCUT2D eigenvalue weighted by molar-refractivity contribution is 5.69. The van der Waals surface area contributed by atoms with Gasteiger partial charge >= 0.3 is 0 Å². The lowest BCUT2D eigenvalue weighted by Gasteiger charge is -2.33. The standard InChI is InChI=1S/C14H21N5/c1-3-15-12-4-7-18(8-5-12)14-13-10-11(2)17-19(13)9-6-16-14/h6,9-10,12,15H,3-5,7-8H2,1-2H3. The Morgan fingerprint density at radius 1 is 1.37 bits per heavy atom. The molecule has 0 aliphatic carbocycles. The van der Waals surface area contributed by atoms with E-state index in [0.29, 0.717) is 6.04 Å². The van der Waals surface area contributed by atoms with E-state index in [0.717, 1.165) is 36.7 Å². The molecule has 0 radical (unpaired) electrons. The molecule has 0 bridgehead atoms. The van der Waals surface area contributed by atoms with E-state index in [2.05, 4.69) is 33.3 Å². The smallest absolute Gasteiger partial charge is 0.154 e.